The highest BCUT2D eigenvalue weighted by Crippen LogP contribution is 2.33. The molecule has 0 saturated heterocycles. The van der Waals surface area contributed by atoms with E-state index in [4.69, 9.17) is 11.6 Å². The molecule has 12 rings (SSSR count). The molecule has 0 bridgehead atoms. The average molecular weight is 1840 g/mol. The molecule has 12 amide bonds. The van der Waals surface area contributed by atoms with Crippen LogP contribution in [-0.4, -0.2) is 70.9 Å². The van der Waals surface area contributed by atoms with Crippen LogP contribution in [0, 0.1) is 60.1 Å². The molecule has 0 fully saturated rings. The van der Waals surface area contributed by atoms with Crippen LogP contribution in [0.4, 0.5) is 90.2 Å². The van der Waals surface area contributed by atoms with Crippen LogP contribution >= 0.6 is 27.5 Å². The lowest BCUT2D eigenvalue weighted by Gasteiger charge is -2.12. The van der Waals surface area contributed by atoms with Crippen molar-refractivity contribution in [2.24, 2.45) is 0 Å². The molecule has 31 heteroatoms. The van der Waals surface area contributed by atoms with Gasteiger partial charge < -0.3 is 63.8 Å². The molecule has 0 unspecified atom stereocenters. The Balaban J connectivity index is 0.000000212. The van der Waals surface area contributed by atoms with Gasteiger partial charge in [-0.15, -0.1) is 0 Å². The van der Waals surface area contributed by atoms with E-state index in [0.29, 0.717) is 101 Å². The predicted octanol–water partition coefficient (Wildman–Crippen LogP) is 22.3. The monoisotopic (exact) mass is 1840 g/mol. The number of alkyl halides is 3. The Morgan fingerprint density at radius 2 is 0.566 bits per heavy atom. The first-order chi connectivity index (χ1) is 61.0. The van der Waals surface area contributed by atoms with Gasteiger partial charge in [0.25, 0.3) is 35.4 Å². The van der Waals surface area contributed by atoms with Crippen LogP contribution in [0.25, 0.3) is 0 Å². The second kappa shape index (κ2) is 48.3. The van der Waals surface area contributed by atoms with Gasteiger partial charge in [0.2, 0.25) is 35.4 Å². The number of hydrogen-bond donors (Lipinski definition) is 12. The van der Waals surface area contributed by atoms with E-state index in [2.05, 4.69) is 79.7 Å². The lowest BCUT2D eigenvalue weighted by Crippen LogP contribution is -2.14. The number of halogens is 7. The summed E-state index contributed by atoms with van der Waals surface area (Å²) in [6, 6.07) is 68.3. The van der Waals surface area contributed by atoms with Crippen molar-refractivity contribution < 1.29 is 79.5 Å². The average Bonchev–Trinajstić information content (AvgIpc) is 0.852. The van der Waals surface area contributed by atoms with Gasteiger partial charge in [-0.25, -0.2) is 8.78 Å². The number of carbonyl (C=O) groups excluding carboxylic acids is 12. The molecule has 666 valence electrons. The van der Waals surface area contributed by atoms with E-state index in [1.807, 2.05) is 64.1 Å². The third-order valence-corrected chi connectivity index (χ3v) is 18.8. The van der Waals surface area contributed by atoms with Crippen molar-refractivity contribution in [3.8, 4) is 0 Å². The zero-order valence-electron chi connectivity index (χ0n) is 72.3. The molecule has 0 aromatic heterocycles. The van der Waals surface area contributed by atoms with E-state index in [0.717, 1.165) is 55.9 Å². The number of rotatable bonds is 18. The number of anilines is 12. The minimum absolute atomic E-state index is 0.137. The van der Waals surface area contributed by atoms with Gasteiger partial charge in [0.1, 0.15) is 11.6 Å². The van der Waals surface area contributed by atoms with E-state index >= 15 is 0 Å². The molecule has 0 spiro atoms. The topological polar surface area (TPSA) is 349 Å². The van der Waals surface area contributed by atoms with Gasteiger partial charge in [-0.2, -0.15) is 13.2 Å². The second-order valence-corrected chi connectivity index (χ2v) is 30.2. The molecule has 0 aliphatic rings. The van der Waals surface area contributed by atoms with Crippen LogP contribution < -0.4 is 63.8 Å². The van der Waals surface area contributed by atoms with Crippen LogP contribution in [-0.2, 0) is 34.9 Å². The van der Waals surface area contributed by atoms with Gasteiger partial charge in [-0.05, 0) is 295 Å². The molecule has 0 atom stereocenters. The highest BCUT2D eigenvalue weighted by atomic mass is 79.9. The van der Waals surface area contributed by atoms with Crippen molar-refractivity contribution in [3.05, 3.63) is 354 Å². The van der Waals surface area contributed by atoms with Gasteiger partial charge in [-0.1, -0.05) is 69.5 Å². The molecule has 12 aromatic rings. The lowest BCUT2D eigenvalue weighted by atomic mass is 10.1. The smallest absolute Gasteiger partial charge is 0.326 e. The number of aryl methyl sites for hydroxylation is 6. The highest BCUT2D eigenvalue weighted by Gasteiger charge is 2.31. The molecule has 129 heavy (non-hydrogen) atoms. The van der Waals surface area contributed by atoms with Crippen molar-refractivity contribution in [1.29, 1.82) is 0 Å². The minimum Gasteiger partial charge on any atom is -0.326 e. The highest BCUT2D eigenvalue weighted by molar-refractivity contribution is 9.10. The van der Waals surface area contributed by atoms with E-state index < -0.39 is 29.4 Å². The Morgan fingerprint density at radius 1 is 0.271 bits per heavy atom. The number of hydrogen-bond acceptors (Lipinski definition) is 12. The Labute approximate surface area is 755 Å². The Hall–Kier alpha value is -15.3. The summed E-state index contributed by atoms with van der Waals surface area (Å²) >= 11 is 9.27. The molecule has 0 aliphatic carbocycles. The maximum absolute atomic E-state index is 13.7. The quantitative estimate of drug-likeness (QED) is 0.0357. The van der Waals surface area contributed by atoms with Gasteiger partial charge >= 0.3 is 6.18 Å². The Bertz CT molecular complexity index is 5870. The van der Waals surface area contributed by atoms with E-state index in [1.54, 1.807) is 184 Å². The molecule has 12 aromatic carbocycles. The zero-order chi connectivity index (χ0) is 94.9. The Morgan fingerprint density at radius 3 is 0.884 bits per heavy atom. The maximum Gasteiger partial charge on any atom is 0.416 e. The largest absolute Gasteiger partial charge is 0.416 e. The van der Waals surface area contributed by atoms with Crippen molar-refractivity contribution >= 4 is 167 Å². The van der Waals surface area contributed by atoms with Crippen LogP contribution in [0.15, 0.2) is 259 Å². The van der Waals surface area contributed by atoms with Crippen LogP contribution in [0.1, 0.15) is 148 Å². The molecule has 24 nitrogen and oxygen atoms in total. The number of para-hydroxylation sites is 1. The van der Waals surface area contributed by atoms with E-state index in [9.17, 15) is 79.5 Å². The fourth-order valence-electron chi connectivity index (χ4n) is 11.6. The standard InChI is InChI=1S/C17H15F3N2O2.C17H18N2O2.C16H15BrN2O2.C16H15ClN2O2.2C16H15FN2O2/c1-10-9-13(17(18,19)20)5-8-15(10)22-16(24)12-3-6-14(7-4-12)21-11(2)23;1-11-4-9-16(12(2)10-11)19-17(21)14-5-7-15(8-6-14)18-13(3)20;1-10-3-6-13(17)9-15(10)19-16(21)12-4-7-14(8-5-12)18-11(2)20;1-10-9-13(17)5-8-15(10)19-16(21)12-3-6-14(7-4-12)18-11(2)20;1-10-14(17)4-3-5-15(10)19-16(21)12-6-8-13(9-7-12)18-11(2)20;1-10-4-3-5-14(17)15(10)19-16(21)12-6-8-13(9-7-12)18-11(2)20/h3-9H,1-2H3,(H,21,23)(H,22,24);4-10H,1-3H3,(H,18,20)(H,19,21);4*3-9H,1-2H3,(H,18,20)(H,19,21). The van der Waals surface area contributed by atoms with Crippen molar-refractivity contribution in [2.45, 2.75) is 96.2 Å². The van der Waals surface area contributed by atoms with Crippen molar-refractivity contribution in [3.63, 3.8) is 0 Å². The number of benzene rings is 12. The lowest BCUT2D eigenvalue weighted by molar-refractivity contribution is -0.137. The van der Waals surface area contributed by atoms with Crippen molar-refractivity contribution in [2.75, 3.05) is 63.8 Å². The molecular formula is C98H93BrClF5N12O12. The second-order valence-electron chi connectivity index (χ2n) is 28.9. The van der Waals surface area contributed by atoms with Gasteiger partial charge in [0, 0.05) is 153 Å². The van der Waals surface area contributed by atoms with Crippen LogP contribution in [0.3, 0.4) is 0 Å². The summed E-state index contributed by atoms with van der Waals surface area (Å²) in [5, 5.41) is 32.8. The molecule has 12 N–H and O–H groups in total. The first kappa shape index (κ1) is 101. The third-order valence-electron chi connectivity index (χ3n) is 18.1. The molecule has 0 saturated carbocycles. The third kappa shape index (κ3) is 33.6. The molecule has 0 aliphatic heterocycles. The zero-order valence-corrected chi connectivity index (χ0v) is 74.6. The molecule has 0 radical (unpaired) electrons. The summed E-state index contributed by atoms with van der Waals surface area (Å²) in [5.74, 6) is -3.63. The summed E-state index contributed by atoms with van der Waals surface area (Å²) in [6.07, 6.45) is -4.42. The summed E-state index contributed by atoms with van der Waals surface area (Å²) in [4.78, 5) is 138. The van der Waals surface area contributed by atoms with E-state index in [1.165, 1.54) is 84.9 Å². The predicted molar refractivity (Wildman–Crippen MR) is 502 cm³/mol. The fraction of sp³-hybridized carbons (Fsp3) is 0.143. The molecule has 0 heterocycles. The first-order valence-corrected chi connectivity index (χ1v) is 40.6. The summed E-state index contributed by atoms with van der Waals surface area (Å²) in [6.45, 7) is 21.1. The first-order valence-electron chi connectivity index (χ1n) is 39.4. The SMILES string of the molecule is CC(=O)Nc1ccc(C(=O)Nc2c(C)cccc2F)cc1.CC(=O)Nc1ccc(C(=O)Nc2cc(Br)ccc2C)cc1.CC(=O)Nc1ccc(C(=O)Nc2ccc(C(F)(F)F)cc2C)cc1.CC(=O)Nc1ccc(C(=O)Nc2ccc(C)cc2C)cc1.CC(=O)Nc1ccc(C(=O)Nc2ccc(Cl)cc2C)cc1.CC(=O)Nc1ccc(C(=O)Nc2cccc(F)c2C)cc1. The van der Waals surface area contributed by atoms with Crippen LogP contribution in [0.5, 0.6) is 0 Å². The maximum atomic E-state index is 13.7. The summed E-state index contributed by atoms with van der Waals surface area (Å²) < 4.78 is 65.9. The van der Waals surface area contributed by atoms with Gasteiger partial charge in [-0.3, -0.25) is 57.5 Å². The van der Waals surface area contributed by atoms with Crippen LogP contribution in [0.2, 0.25) is 5.02 Å². The summed E-state index contributed by atoms with van der Waals surface area (Å²) in [5.41, 5.74) is 14.3. The van der Waals surface area contributed by atoms with Gasteiger partial charge in [0.05, 0.1) is 11.3 Å². The Kier molecular flexibility index (Phi) is 37.7. The normalized spacial score (nSPS) is 10.2. The fourth-order valence-corrected chi connectivity index (χ4v) is 12.2. The van der Waals surface area contributed by atoms with Crippen molar-refractivity contribution in [1.82, 2.24) is 0 Å². The summed E-state index contributed by atoms with van der Waals surface area (Å²) in [7, 11) is 0. The minimum atomic E-state index is -4.42. The number of carbonyl (C=O) groups is 12. The van der Waals surface area contributed by atoms with E-state index in [-0.39, 0.29) is 70.6 Å². The van der Waals surface area contributed by atoms with Gasteiger partial charge in [0.15, 0.2) is 0 Å². The number of nitrogens with one attached hydrogen (secondary N) is 12. The number of amides is 12. The molecular weight excluding hydrogens is 1750 g/mol.